The zero-order valence-electron chi connectivity index (χ0n) is 13.0. The summed E-state index contributed by atoms with van der Waals surface area (Å²) in [6, 6.07) is 8.66. The summed E-state index contributed by atoms with van der Waals surface area (Å²) >= 11 is 0. The Kier molecular flexibility index (Phi) is 7.11. The second-order valence-corrected chi connectivity index (χ2v) is 6.18. The van der Waals surface area contributed by atoms with E-state index in [4.69, 9.17) is 4.74 Å². The maximum absolute atomic E-state index is 5.70. The highest BCUT2D eigenvalue weighted by atomic mass is 16.5. The molecular formula is C17H29NO. The average Bonchev–Trinajstić information content (AvgIpc) is 2.36. The van der Waals surface area contributed by atoms with Crippen LogP contribution in [0.25, 0.3) is 0 Å². The Bertz CT molecular complexity index is 355. The van der Waals surface area contributed by atoms with Gasteiger partial charge < -0.3 is 10.1 Å². The van der Waals surface area contributed by atoms with Crippen LogP contribution in [0, 0.1) is 0 Å². The van der Waals surface area contributed by atoms with E-state index >= 15 is 0 Å². The van der Waals surface area contributed by atoms with Gasteiger partial charge in [-0.3, -0.25) is 0 Å². The molecule has 1 aromatic carbocycles. The molecule has 0 atom stereocenters. The highest BCUT2D eigenvalue weighted by Crippen LogP contribution is 2.09. The van der Waals surface area contributed by atoms with Crippen molar-refractivity contribution in [2.75, 3.05) is 6.61 Å². The molecule has 0 saturated heterocycles. The minimum absolute atomic E-state index is 0.159. The maximum Gasteiger partial charge on any atom is 0.0716 e. The molecule has 0 radical (unpaired) electrons. The fraction of sp³-hybridized carbons (Fsp3) is 0.647. The van der Waals surface area contributed by atoms with Gasteiger partial charge in [-0.05, 0) is 38.3 Å². The zero-order valence-corrected chi connectivity index (χ0v) is 13.0. The van der Waals surface area contributed by atoms with Crippen LogP contribution in [0.2, 0.25) is 0 Å². The van der Waals surface area contributed by atoms with Crippen LogP contribution in [0.4, 0.5) is 0 Å². The monoisotopic (exact) mass is 263 g/mol. The van der Waals surface area contributed by atoms with Gasteiger partial charge in [0.15, 0.2) is 0 Å². The Morgan fingerprint density at radius 2 is 1.84 bits per heavy atom. The first-order valence-electron chi connectivity index (χ1n) is 7.42. The topological polar surface area (TPSA) is 21.3 Å². The lowest BCUT2D eigenvalue weighted by atomic mass is 10.1. The molecule has 0 aliphatic rings. The number of hydrogen-bond acceptors (Lipinski definition) is 2. The normalized spacial score (nSPS) is 11.8. The summed E-state index contributed by atoms with van der Waals surface area (Å²) in [4.78, 5) is 0. The molecule has 0 bridgehead atoms. The molecule has 0 amide bonds. The van der Waals surface area contributed by atoms with Crippen LogP contribution in [-0.4, -0.2) is 12.1 Å². The highest BCUT2D eigenvalue weighted by molar-refractivity contribution is 5.23. The predicted octanol–water partition coefficient (Wildman–Crippen LogP) is 4.28. The second-order valence-electron chi connectivity index (χ2n) is 6.18. The third kappa shape index (κ3) is 8.02. The van der Waals surface area contributed by atoms with Crippen LogP contribution >= 0.6 is 0 Å². The summed E-state index contributed by atoms with van der Waals surface area (Å²) in [6.45, 7) is 11.3. The summed E-state index contributed by atoms with van der Waals surface area (Å²) in [5, 5.41) is 3.51. The van der Waals surface area contributed by atoms with Gasteiger partial charge in [-0.25, -0.2) is 0 Å². The Morgan fingerprint density at radius 3 is 2.53 bits per heavy atom. The van der Waals surface area contributed by atoms with Gasteiger partial charge in [0.05, 0.1) is 6.61 Å². The van der Waals surface area contributed by atoms with Gasteiger partial charge in [0, 0.05) is 18.7 Å². The molecule has 0 unspecified atom stereocenters. The first-order chi connectivity index (χ1) is 9.01. The quantitative estimate of drug-likeness (QED) is 0.707. The van der Waals surface area contributed by atoms with E-state index in [0.29, 0.717) is 0 Å². The van der Waals surface area contributed by atoms with Crippen LogP contribution in [0.15, 0.2) is 24.3 Å². The SMILES string of the molecule is CCCCCOCc1cccc(CNC(C)(C)C)c1. The lowest BCUT2D eigenvalue weighted by Crippen LogP contribution is -2.35. The molecule has 0 heterocycles. The number of ether oxygens (including phenoxy) is 1. The van der Waals surface area contributed by atoms with Crippen molar-refractivity contribution in [2.24, 2.45) is 0 Å². The first kappa shape index (κ1) is 16.2. The third-order valence-electron chi connectivity index (χ3n) is 2.98. The largest absolute Gasteiger partial charge is 0.377 e. The summed E-state index contributed by atoms with van der Waals surface area (Å²) in [6.07, 6.45) is 3.68. The molecule has 19 heavy (non-hydrogen) atoms. The van der Waals surface area contributed by atoms with Crippen LogP contribution < -0.4 is 5.32 Å². The number of benzene rings is 1. The maximum atomic E-state index is 5.70. The van der Waals surface area contributed by atoms with E-state index in [1.54, 1.807) is 0 Å². The molecular weight excluding hydrogens is 234 g/mol. The summed E-state index contributed by atoms with van der Waals surface area (Å²) in [5.41, 5.74) is 2.75. The standard InChI is InChI=1S/C17H29NO/c1-5-6-7-11-19-14-16-10-8-9-15(12-16)13-18-17(2,3)4/h8-10,12,18H,5-7,11,13-14H2,1-4H3. The van der Waals surface area contributed by atoms with Crippen molar-refractivity contribution in [3.05, 3.63) is 35.4 Å². The van der Waals surface area contributed by atoms with E-state index in [0.717, 1.165) is 19.8 Å². The van der Waals surface area contributed by atoms with Gasteiger partial charge in [0.25, 0.3) is 0 Å². The van der Waals surface area contributed by atoms with Crippen molar-refractivity contribution in [2.45, 2.75) is 65.6 Å². The molecule has 0 saturated carbocycles. The molecule has 1 rings (SSSR count). The fourth-order valence-corrected chi connectivity index (χ4v) is 1.84. The van der Waals surface area contributed by atoms with E-state index in [1.165, 1.54) is 30.4 Å². The zero-order chi connectivity index (χ0) is 14.1. The third-order valence-corrected chi connectivity index (χ3v) is 2.98. The minimum Gasteiger partial charge on any atom is -0.377 e. The number of unbranched alkanes of at least 4 members (excludes halogenated alkanes) is 2. The number of nitrogens with one attached hydrogen (secondary N) is 1. The van der Waals surface area contributed by atoms with Crippen LogP contribution in [-0.2, 0) is 17.9 Å². The van der Waals surface area contributed by atoms with E-state index in [9.17, 15) is 0 Å². The van der Waals surface area contributed by atoms with Crippen LogP contribution in [0.3, 0.4) is 0 Å². The molecule has 2 nitrogen and oxygen atoms in total. The Balaban J connectivity index is 2.35. The summed E-state index contributed by atoms with van der Waals surface area (Å²) in [5.74, 6) is 0. The van der Waals surface area contributed by atoms with Crippen molar-refractivity contribution >= 4 is 0 Å². The summed E-state index contributed by atoms with van der Waals surface area (Å²) < 4.78 is 5.70. The Labute approximate surface area is 118 Å². The molecule has 0 aliphatic carbocycles. The molecule has 1 N–H and O–H groups in total. The van der Waals surface area contributed by atoms with Gasteiger partial charge in [0.1, 0.15) is 0 Å². The number of rotatable bonds is 8. The van der Waals surface area contributed by atoms with Gasteiger partial charge in [-0.15, -0.1) is 0 Å². The molecule has 0 aliphatic heterocycles. The average molecular weight is 263 g/mol. The van der Waals surface area contributed by atoms with E-state index < -0.39 is 0 Å². The van der Waals surface area contributed by atoms with E-state index in [1.807, 2.05) is 0 Å². The van der Waals surface area contributed by atoms with Crippen molar-refractivity contribution in [1.29, 1.82) is 0 Å². The second kappa shape index (κ2) is 8.34. The van der Waals surface area contributed by atoms with Gasteiger partial charge in [-0.1, -0.05) is 44.0 Å². The highest BCUT2D eigenvalue weighted by Gasteiger charge is 2.08. The van der Waals surface area contributed by atoms with Crippen LogP contribution in [0.5, 0.6) is 0 Å². The van der Waals surface area contributed by atoms with Crippen LogP contribution in [0.1, 0.15) is 58.1 Å². The molecule has 0 spiro atoms. The molecule has 1 aromatic rings. The minimum atomic E-state index is 0.159. The molecule has 0 aromatic heterocycles. The van der Waals surface area contributed by atoms with Gasteiger partial charge in [-0.2, -0.15) is 0 Å². The predicted molar refractivity (Wildman–Crippen MR) is 82.2 cm³/mol. The Hall–Kier alpha value is -0.860. The first-order valence-corrected chi connectivity index (χ1v) is 7.42. The lowest BCUT2D eigenvalue weighted by Gasteiger charge is -2.20. The van der Waals surface area contributed by atoms with E-state index in [-0.39, 0.29) is 5.54 Å². The molecule has 108 valence electrons. The molecule has 2 heteroatoms. The van der Waals surface area contributed by atoms with Crippen molar-refractivity contribution in [3.8, 4) is 0 Å². The van der Waals surface area contributed by atoms with Crippen molar-refractivity contribution in [1.82, 2.24) is 5.32 Å². The smallest absolute Gasteiger partial charge is 0.0716 e. The number of hydrogen-bond donors (Lipinski definition) is 1. The van der Waals surface area contributed by atoms with Gasteiger partial charge >= 0.3 is 0 Å². The van der Waals surface area contributed by atoms with E-state index in [2.05, 4.69) is 57.3 Å². The molecule has 0 fully saturated rings. The van der Waals surface area contributed by atoms with Crippen molar-refractivity contribution in [3.63, 3.8) is 0 Å². The summed E-state index contributed by atoms with van der Waals surface area (Å²) in [7, 11) is 0. The lowest BCUT2D eigenvalue weighted by molar-refractivity contribution is 0.117. The Morgan fingerprint density at radius 1 is 1.11 bits per heavy atom. The fourth-order valence-electron chi connectivity index (χ4n) is 1.84. The van der Waals surface area contributed by atoms with Crippen molar-refractivity contribution < 1.29 is 4.74 Å². The van der Waals surface area contributed by atoms with Gasteiger partial charge in [0.2, 0.25) is 0 Å².